The van der Waals surface area contributed by atoms with Crippen LogP contribution in [0, 0.1) is 0 Å². The summed E-state index contributed by atoms with van der Waals surface area (Å²) in [4.78, 5) is 8.12. The van der Waals surface area contributed by atoms with Gasteiger partial charge in [0.15, 0.2) is 0 Å². The predicted molar refractivity (Wildman–Crippen MR) is 78.7 cm³/mol. The van der Waals surface area contributed by atoms with E-state index in [-0.39, 0.29) is 5.28 Å². The molecule has 0 bridgehead atoms. The van der Waals surface area contributed by atoms with Crippen LogP contribution in [0.2, 0.25) is 10.3 Å². The monoisotopic (exact) mass is 292 g/mol. The topological polar surface area (TPSA) is 25.8 Å². The molecule has 1 aromatic carbocycles. The number of hydrogen-bond acceptors (Lipinski definition) is 2. The molecule has 0 saturated heterocycles. The third-order valence-corrected chi connectivity index (χ3v) is 4.16. The minimum Gasteiger partial charge on any atom is -0.225 e. The van der Waals surface area contributed by atoms with E-state index in [0.29, 0.717) is 16.6 Å². The second-order valence-electron chi connectivity index (χ2n) is 4.94. The van der Waals surface area contributed by atoms with Crippen LogP contribution in [0.25, 0.3) is 11.3 Å². The van der Waals surface area contributed by atoms with Crippen LogP contribution in [0.5, 0.6) is 0 Å². The van der Waals surface area contributed by atoms with E-state index in [0.717, 1.165) is 5.56 Å². The van der Waals surface area contributed by atoms with Gasteiger partial charge in [-0.05, 0) is 42.0 Å². The lowest BCUT2D eigenvalue weighted by molar-refractivity contribution is 0.723. The largest absolute Gasteiger partial charge is 0.225 e. The van der Waals surface area contributed by atoms with Crippen molar-refractivity contribution in [2.45, 2.75) is 31.6 Å². The Balaban J connectivity index is 2.00. The molecule has 1 aromatic heterocycles. The van der Waals surface area contributed by atoms with Crippen LogP contribution in [0.4, 0.5) is 0 Å². The predicted octanol–water partition coefficient (Wildman–Crippen LogP) is 5.11. The van der Waals surface area contributed by atoms with Gasteiger partial charge in [0.25, 0.3) is 0 Å². The summed E-state index contributed by atoms with van der Waals surface area (Å²) in [5.41, 5.74) is 3.10. The molecule has 2 nitrogen and oxygen atoms in total. The molecule has 1 aliphatic rings. The summed E-state index contributed by atoms with van der Waals surface area (Å²) in [5.74, 6) is 0.677. The number of halogens is 2. The zero-order chi connectivity index (χ0) is 13.2. The van der Waals surface area contributed by atoms with Crippen molar-refractivity contribution >= 4 is 23.2 Å². The van der Waals surface area contributed by atoms with Gasteiger partial charge in [-0.3, -0.25) is 0 Å². The average molecular weight is 293 g/mol. The molecular formula is C15H14Cl2N2. The number of benzene rings is 1. The van der Waals surface area contributed by atoms with Crippen molar-refractivity contribution in [3.8, 4) is 11.3 Å². The molecule has 0 aliphatic heterocycles. The van der Waals surface area contributed by atoms with Crippen LogP contribution in [-0.2, 0) is 0 Å². The van der Waals surface area contributed by atoms with Gasteiger partial charge in [0.2, 0.25) is 5.28 Å². The standard InChI is InChI=1S/C15H14Cl2N2/c16-13-9-18-15(17)19-14(13)12-7-3-6-11(8-12)10-4-1-2-5-10/h3,6-10H,1-2,4-5H2. The fourth-order valence-electron chi connectivity index (χ4n) is 2.75. The van der Waals surface area contributed by atoms with Crippen LogP contribution < -0.4 is 0 Å². The highest BCUT2D eigenvalue weighted by Crippen LogP contribution is 2.36. The highest BCUT2D eigenvalue weighted by molar-refractivity contribution is 6.33. The van der Waals surface area contributed by atoms with Gasteiger partial charge in [-0.25, -0.2) is 9.97 Å². The van der Waals surface area contributed by atoms with Gasteiger partial charge in [0, 0.05) is 5.56 Å². The molecule has 0 unspecified atom stereocenters. The second-order valence-corrected chi connectivity index (χ2v) is 5.69. The number of rotatable bonds is 2. The molecule has 1 heterocycles. The fraction of sp³-hybridized carbons (Fsp3) is 0.333. The number of hydrogen-bond donors (Lipinski definition) is 0. The molecule has 4 heteroatoms. The molecule has 2 aromatic rings. The van der Waals surface area contributed by atoms with Crippen LogP contribution in [0.3, 0.4) is 0 Å². The third-order valence-electron chi connectivity index (χ3n) is 3.70. The van der Waals surface area contributed by atoms with E-state index in [2.05, 4.69) is 28.2 Å². The third kappa shape index (κ3) is 2.75. The normalized spacial score (nSPS) is 15.9. The Morgan fingerprint density at radius 3 is 2.68 bits per heavy atom. The highest BCUT2D eigenvalue weighted by Gasteiger charge is 2.18. The van der Waals surface area contributed by atoms with Crippen LogP contribution in [-0.4, -0.2) is 9.97 Å². The smallest absolute Gasteiger partial charge is 0.222 e. The molecule has 0 atom stereocenters. The van der Waals surface area contributed by atoms with Crippen LogP contribution in [0.15, 0.2) is 30.5 Å². The summed E-state index contributed by atoms with van der Waals surface area (Å²) in [7, 11) is 0. The van der Waals surface area contributed by atoms with E-state index in [4.69, 9.17) is 23.2 Å². The SMILES string of the molecule is Clc1ncc(Cl)c(-c2cccc(C3CCCC3)c2)n1. The van der Waals surface area contributed by atoms with Gasteiger partial charge in [-0.2, -0.15) is 0 Å². The summed E-state index contributed by atoms with van der Waals surface area (Å²) < 4.78 is 0. The van der Waals surface area contributed by atoms with Gasteiger partial charge in [-0.1, -0.05) is 42.6 Å². The molecule has 1 saturated carbocycles. The zero-order valence-electron chi connectivity index (χ0n) is 10.4. The Hall–Kier alpha value is -1.12. The van der Waals surface area contributed by atoms with Crippen molar-refractivity contribution in [2.75, 3.05) is 0 Å². The Morgan fingerprint density at radius 2 is 1.89 bits per heavy atom. The van der Waals surface area contributed by atoms with E-state index >= 15 is 0 Å². The number of aromatic nitrogens is 2. The molecule has 1 aliphatic carbocycles. The lowest BCUT2D eigenvalue weighted by atomic mass is 9.95. The lowest BCUT2D eigenvalue weighted by Crippen LogP contribution is -1.94. The summed E-state index contributed by atoms with van der Waals surface area (Å²) in [5, 5.41) is 0.763. The molecule has 1 fully saturated rings. The van der Waals surface area contributed by atoms with E-state index in [1.165, 1.54) is 31.2 Å². The van der Waals surface area contributed by atoms with E-state index in [1.807, 2.05) is 6.07 Å². The fourth-order valence-corrected chi connectivity index (χ4v) is 3.08. The molecule has 0 N–H and O–H groups in total. The first-order valence-corrected chi connectivity index (χ1v) is 7.28. The van der Waals surface area contributed by atoms with Gasteiger partial charge < -0.3 is 0 Å². The van der Waals surface area contributed by atoms with Crippen molar-refractivity contribution in [3.05, 3.63) is 46.3 Å². The van der Waals surface area contributed by atoms with Crippen molar-refractivity contribution in [2.24, 2.45) is 0 Å². The Kier molecular flexibility index (Phi) is 3.72. The van der Waals surface area contributed by atoms with Gasteiger partial charge in [0.1, 0.15) is 0 Å². The first-order chi connectivity index (χ1) is 9.24. The van der Waals surface area contributed by atoms with Crippen LogP contribution in [0.1, 0.15) is 37.2 Å². The maximum atomic E-state index is 6.16. The van der Waals surface area contributed by atoms with Crippen molar-refractivity contribution in [1.82, 2.24) is 9.97 Å². The molecular weight excluding hydrogens is 279 g/mol. The highest BCUT2D eigenvalue weighted by atomic mass is 35.5. The summed E-state index contributed by atoms with van der Waals surface area (Å²) in [6.45, 7) is 0. The van der Waals surface area contributed by atoms with Crippen molar-refractivity contribution in [3.63, 3.8) is 0 Å². The lowest BCUT2D eigenvalue weighted by Gasteiger charge is -2.11. The Bertz CT molecular complexity index is 592. The Labute approximate surface area is 122 Å². The maximum Gasteiger partial charge on any atom is 0.222 e. The summed E-state index contributed by atoms with van der Waals surface area (Å²) >= 11 is 12.0. The second kappa shape index (κ2) is 5.48. The number of nitrogens with zero attached hydrogens (tertiary/aromatic N) is 2. The van der Waals surface area contributed by atoms with E-state index in [9.17, 15) is 0 Å². The van der Waals surface area contributed by atoms with Gasteiger partial charge in [-0.15, -0.1) is 0 Å². The molecule has 3 rings (SSSR count). The maximum absolute atomic E-state index is 6.16. The summed E-state index contributed by atoms with van der Waals surface area (Å²) in [6.07, 6.45) is 6.77. The zero-order valence-corrected chi connectivity index (χ0v) is 12.0. The quantitative estimate of drug-likeness (QED) is 0.719. The van der Waals surface area contributed by atoms with Gasteiger partial charge in [0.05, 0.1) is 16.9 Å². The first-order valence-electron chi connectivity index (χ1n) is 6.52. The average Bonchev–Trinajstić information content (AvgIpc) is 2.96. The first kappa shape index (κ1) is 12.9. The van der Waals surface area contributed by atoms with E-state index < -0.39 is 0 Å². The van der Waals surface area contributed by atoms with Crippen molar-refractivity contribution in [1.29, 1.82) is 0 Å². The molecule has 0 spiro atoms. The van der Waals surface area contributed by atoms with Crippen LogP contribution >= 0.6 is 23.2 Å². The molecule has 98 valence electrons. The molecule has 0 radical (unpaired) electrons. The van der Waals surface area contributed by atoms with Gasteiger partial charge >= 0.3 is 0 Å². The summed E-state index contributed by atoms with van der Waals surface area (Å²) in [6, 6.07) is 8.45. The molecule has 19 heavy (non-hydrogen) atoms. The minimum absolute atomic E-state index is 0.227. The van der Waals surface area contributed by atoms with E-state index in [1.54, 1.807) is 6.20 Å². The minimum atomic E-state index is 0.227. The van der Waals surface area contributed by atoms with Crippen molar-refractivity contribution < 1.29 is 0 Å². The molecule has 0 amide bonds. The Morgan fingerprint density at radius 1 is 1.11 bits per heavy atom.